The zero-order valence-electron chi connectivity index (χ0n) is 5.97. The molecule has 0 fully saturated rings. The lowest BCUT2D eigenvalue weighted by Crippen LogP contribution is -2.17. The van der Waals surface area contributed by atoms with Gasteiger partial charge in [-0.3, -0.25) is 4.79 Å². The van der Waals surface area contributed by atoms with Crippen LogP contribution in [0.3, 0.4) is 0 Å². The molecule has 0 aromatic heterocycles. The van der Waals surface area contributed by atoms with E-state index in [4.69, 9.17) is 23.2 Å². The van der Waals surface area contributed by atoms with Gasteiger partial charge in [-0.25, -0.2) is 4.79 Å². The molecule has 0 amide bonds. The van der Waals surface area contributed by atoms with E-state index >= 15 is 0 Å². The second-order valence-corrected chi connectivity index (χ2v) is 2.94. The number of ether oxygens (including phenoxy) is 1. The summed E-state index contributed by atoms with van der Waals surface area (Å²) in [6.45, 7) is 1.80. The van der Waals surface area contributed by atoms with Crippen LogP contribution >= 0.6 is 23.2 Å². The smallest absolute Gasteiger partial charge is 0.347 e. The Morgan fingerprint density at radius 2 is 2.00 bits per heavy atom. The first-order chi connectivity index (χ1) is 5.07. The van der Waals surface area contributed by atoms with E-state index in [2.05, 4.69) is 4.74 Å². The van der Waals surface area contributed by atoms with Gasteiger partial charge in [0.05, 0.1) is 0 Å². The number of carbonyl (C=O) groups excluding carboxylic acids is 2. The molecule has 0 aliphatic carbocycles. The third kappa shape index (κ3) is 5.04. The number of carbonyl (C=O) groups is 2. The fraction of sp³-hybridized carbons (Fsp3) is 0.667. The summed E-state index contributed by atoms with van der Waals surface area (Å²) in [5.74, 6) is -1.50. The third-order valence-electron chi connectivity index (χ3n) is 0.847. The van der Waals surface area contributed by atoms with E-state index in [0.29, 0.717) is 6.42 Å². The fourth-order valence-corrected chi connectivity index (χ4v) is 0.501. The number of alkyl halides is 2. The summed E-state index contributed by atoms with van der Waals surface area (Å²) in [5, 5.41) is 0. The minimum absolute atomic E-state index is 0.201. The van der Waals surface area contributed by atoms with Gasteiger partial charge in [0.25, 0.3) is 0 Å². The van der Waals surface area contributed by atoms with Crippen LogP contribution in [-0.4, -0.2) is 16.8 Å². The standard InChI is InChI=1S/C6H8Cl2O3/c1-2-3-4(9)11-6(10)5(7)8/h5H,2-3H2,1H3. The summed E-state index contributed by atoms with van der Waals surface area (Å²) in [5.41, 5.74) is 0. The molecule has 0 rings (SSSR count). The van der Waals surface area contributed by atoms with E-state index < -0.39 is 16.8 Å². The van der Waals surface area contributed by atoms with Crippen molar-refractivity contribution in [2.24, 2.45) is 0 Å². The lowest BCUT2D eigenvalue weighted by Gasteiger charge is -2.00. The summed E-state index contributed by atoms with van der Waals surface area (Å²) >= 11 is 10.2. The van der Waals surface area contributed by atoms with Crippen molar-refractivity contribution in [1.29, 1.82) is 0 Å². The fourth-order valence-electron chi connectivity index (χ4n) is 0.412. The summed E-state index contributed by atoms with van der Waals surface area (Å²) in [6.07, 6.45) is 0.827. The van der Waals surface area contributed by atoms with E-state index in [-0.39, 0.29) is 6.42 Å². The van der Waals surface area contributed by atoms with Crippen molar-refractivity contribution in [3.05, 3.63) is 0 Å². The lowest BCUT2D eigenvalue weighted by atomic mass is 10.3. The van der Waals surface area contributed by atoms with Crippen molar-refractivity contribution in [3.8, 4) is 0 Å². The Hall–Kier alpha value is -0.280. The predicted molar refractivity (Wildman–Crippen MR) is 41.5 cm³/mol. The van der Waals surface area contributed by atoms with Crippen LogP contribution in [0.1, 0.15) is 19.8 Å². The van der Waals surface area contributed by atoms with Crippen LogP contribution in [0.25, 0.3) is 0 Å². The molecule has 0 aliphatic rings. The Morgan fingerprint density at radius 1 is 1.45 bits per heavy atom. The highest BCUT2D eigenvalue weighted by atomic mass is 35.5. The van der Waals surface area contributed by atoms with Crippen LogP contribution in [0.5, 0.6) is 0 Å². The first-order valence-electron chi connectivity index (χ1n) is 3.10. The molecule has 0 aliphatic heterocycles. The molecule has 3 nitrogen and oxygen atoms in total. The van der Waals surface area contributed by atoms with Gasteiger partial charge in [0.2, 0.25) is 4.84 Å². The quantitative estimate of drug-likeness (QED) is 0.394. The second kappa shape index (κ2) is 5.38. The van der Waals surface area contributed by atoms with E-state index in [0.717, 1.165) is 0 Å². The van der Waals surface area contributed by atoms with E-state index in [1.165, 1.54) is 0 Å². The van der Waals surface area contributed by atoms with Crippen molar-refractivity contribution in [1.82, 2.24) is 0 Å². The van der Waals surface area contributed by atoms with Crippen LogP contribution in [0.15, 0.2) is 0 Å². The van der Waals surface area contributed by atoms with Crippen molar-refractivity contribution < 1.29 is 14.3 Å². The molecular weight excluding hydrogens is 191 g/mol. The third-order valence-corrected chi connectivity index (χ3v) is 1.20. The Kier molecular flexibility index (Phi) is 5.24. The van der Waals surface area contributed by atoms with Crippen molar-refractivity contribution in [2.45, 2.75) is 24.6 Å². The van der Waals surface area contributed by atoms with E-state index in [1.807, 2.05) is 0 Å². The average molecular weight is 199 g/mol. The molecule has 0 aromatic rings. The molecule has 0 heterocycles. The van der Waals surface area contributed by atoms with Gasteiger partial charge in [-0.1, -0.05) is 30.1 Å². The Balaban J connectivity index is 3.67. The molecule has 0 spiro atoms. The number of hydrogen-bond donors (Lipinski definition) is 0. The SMILES string of the molecule is CCCC(=O)OC(=O)C(Cl)Cl. The van der Waals surface area contributed by atoms with Crippen LogP contribution in [0, 0.1) is 0 Å². The molecule has 11 heavy (non-hydrogen) atoms. The normalized spacial score (nSPS) is 9.82. The summed E-state index contributed by atoms with van der Waals surface area (Å²) in [4.78, 5) is 19.8. The maximum atomic E-state index is 10.6. The molecule has 0 atom stereocenters. The monoisotopic (exact) mass is 198 g/mol. The van der Waals surface area contributed by atoms with Crippen LogP contribution < -0.4 is 0 Å². The Labute approximate surface area is 74.6 Å². The highest BCUT2D eigenvalue weighted by molar-refractivity contribution is 6.53. The van der Waals surface area contributed by atoms with Gasteiger partial charge in [0.1, 0.15) is 0 Å². The molecule has 0 aromatic carbocycles. The molecule has 0 radical (unpaired) electrons. The molecule has 0 bridgehead atoms. The van der Waals surface area contributed by atoms with E-state index in [1.54, 1.807) is 6.92 Å². The predicted octanol–water partition coefficient (Wildman–Crippen LogP) is 1.66. The maximum Gasteiger partial charge on any atom is 0.347 e. The van der Waals surface area contributed by atoms with Gasteiger partial charge in [-0.2, -0.15) is 0 Å². The number of hydrogen-bond acceptors (Lipinski definition) is 3. The molecule has 0 N–H and O–H groups in total. The summed E-state index contributed by atoms with van der Waals surface area (Å²) < 4.78 is 4.21. The van der Waals surface area contributed by atoms with Gasteiger partial charge >= 0.3 is 11.9 Å². The van der Waals surface area contributed by atoms with Crippen molar-refractivity contribution in [3.63, 3.8) is 0 Å². The van der Waals surface area contributed by atoms with Crippen molar-refractivity contribution in [2.75, 3.05) is 0 Å². The van der Waals surface area contributed by atoms with Crippen LogP contribution in [0.2, 0.25) is 0 Å². The largest absolute Gasteiger partial charge is 0.391 e. The van der Waals surface area contributed by atoms with Gasteiger partial charge in [0.15, 0.2) is 0 Å². The summed E-state index contributed by atoms with van der Waals surface area (Å²) in [6, 6.07) is 0. The lowest BCUT2D eigenvalue weighted by molar-refractivity contribution is -0.158. The minimum Gasteiger partial charge on any atom is -0.391 e. The van der Waals surface area contributed by atoms with Crippen molar-refractivity contribution >= 4 is 35.1 Å². The van der Waals surface area contributed by atoms with E-state index in [9.17, 15) is 9.59 Å². The first kappa shape index (κ1) is 10.7. The Bertz CT molecular complexity index is 156. The first-order valence-corrected chi connectivity index (χ1v) is 3.98. The number of halogens is 2. The second-order valence-electron chi connectivity index (χ2n) is 1.84. The maximum absolute atomic E-state index is 10.6. The average Bonchev–Trinajstić information content (AvgIpc) is 1.87. The molecular formula is C6H8Cl2O3. The Morgan fingerprint density at radius 3 is 2.36 bits per heavy atom. The molecule has 5 heteroatoms. The highest BCUT2D eigenvalue weighted by Gasteiger charge is 2.16. The zero-order chi connectivity index (χ0) is 8.85. The number of esters is 2. The highest BCUT2D eigenvalue weighted by Crippen LogP contribution is 2.04. The van der Waals surface area contributed by atoms with Gasteiger partial charge in [-0.15, -0.1) is 0 Å². The molecule has 0 saturated heterocycles. The molecule has 0 unspecified atom stereocenters. The topological polar surface area (TPSA) is 43.4 Å². The van der Waals surface area contributed by atoms with Crippen LogP contribution in [0.4, 0.5) is 0 Å². The minimum atomic E-state index is -1.28. The number of rotatable bonds is 3. The van der Waals surface area contributed by atoms with Gasteiger partial charge in [-0.05, 0) is 6.42 Å². The summed E-state index contributed by atoms with van der Waals surface area (Å²) in [7, 11) is 0. The molecule has 0 saturated carbocycles. The van der Waals surface area contributed by atoms with Gasteiger partial charge in [0, 0.05) is 6.42 Å². The zero-order valence-corrected chi connectivity index (χ0v) is 7.48. The molecule has 64 valence electrons. The van der Waals surface area contributed by atoms with Gasteiger partial charge < -0.3 is 4.74 Å². The van der Waals surface area contributed by atoms with Crippen LogP contribution in [-0.2, 0) is 14.3 Å².